The molecule has 2 rings (SSSR count). The first kappa shape index (κ1) is 9.27. The van der Waals surface area contributed by atoms with Gasteiger partial charge in [-0.2, -0.15) is 0 Å². The van der Waals surface area contributed by atoms with Crippen LogP contribution in [0.2, 0.25) is 0 Å². The number of ketones is 1. The summed E-state index contributed by atoms with van der Waals surface area (Å²) in [5.74, 6) is -0.733. The van der Waals surface area contributed by atoms with Crippen LogP contribution in [-0.2, 0) is 0 Å². The van der Waals surface area contributed by atoms with E-state index in [4.69, 9.17) is 0 Å². The zero-order valence-electron chi connectivity index (χ0n) is 7.80. The SMILES string of the molecule is CC(=O)c1cc2nc(C)sc2cc1F. The van der Waals surface area contributed by atoms with E-state index in [0.29, 0.717) is 5.52 Å². The lowest BCUT2D eigenvalue weighted by molar-refractivity contribution is 0.101. The molecule has 1 heterocycles. The smallest absolute Gasteiger partial charge is 0.162 e. The first-order chi connectivity index (χ1) is 6.58. The minimum absolute atomic E-state index is 0.114. The zero-order chi connectivity index (χ0) is 10.3. The van der Waals surface area contributed by atoms with Crippen LogP contribution < -0.4 is 0 Å². The standard InChI is InChI=1S/C10H8FNOS/c1-5(13)7-3-9-10(4-8(7)11)14-6(2)12-9/h3-4H,1-2H3. The van der Waals surface area contributed by atoms with Crippen molar-refractivity contribution in [2.24, 2.45) is 0 Å². The summed E-state index contributed by atoms with van der Waals surface area (Å²) >= 11 is 1.42. The molecule has 0 fully saturated rings. The summed E-state index contributed by atoms with van der Waals surface area (Å²) in [7, 11) is 0. The number of aryl methyl sites for hydroxylation is 1. The first-order valence-corrected chi connectivity index (χ1v) is 4.97. The molecule has 1 aromatic heterocycles. The highest BCUT2D eigenvalue weighted by molar-refractivity contribution is 7.18. The van der Waals surface area contributed by atoms with Crippen LogP contribution in [-0.4, -0.2) is 10.8 Å². The van der Waals surface area contributed by atoms with E-state index in [-0.39, 0.29) is 11.3 Å². The number of Topliss-reactive ketones (excluding diaryl/α,β-unsaturated/α-hetero) is 1. The third-order valence-electron chi connectivity index (χ3n) is 1.96. The van der Waals surface area contributed by atoms with E-state index in [1.807, 2.05) is 6.92 Å². The number of hydrogen-bond donors (Lipinski definition) is 0. The van der Waals surface area contributed by atoms with Gasteiger partial charge in [-0.1, -0.05) is 0 Å². The van der Waals surface area contributed by atoms with Crippen molar-refractivity contribution in [3.8, 4) is 0 Å². The molecule has 2 aromatic rings. The molecule has 0 N–H and O–H groups in total. The summed E-state index contributed by atoms with van der Waals surface area (Å²) < 4.78 is 14.1. The molecule has 0 saturated heterocycles. The second-order valence-electron chi connectivity index (χ2n) is 3.09. The molecular formula is C10H8FNOS. The number of thiazole rings is 1. The fourth-order valence-corrected chi connectivity index (χ4v) is 2.17. The average molecular weight is 209 g/mol. The highest BCUT2D eigenvalue weighted by Gasteiger charge is 2.10. The summed E-state index contributed by atoms with van der Waals surface area (Å²) in [4.78, 5) is 15.2. The van der Waals surface area contributed by atoms with E-state index in [1.165, 1.54) is 30.4 Å². The van der Waals surface area contributed by atoms with Gasteiger partial charge in [-0.15, -0.1) is 11.3 Å². The average Bonchev–Trinajstić information content (AvgIpc) is 2.42. The van der Waals surface area contributed by atoms with Crippen LogP contribution in [0.25, 0.3) is 10.2 Å². The Bertz CT molecular complexity index is 518. The van der Waals surface area contributed by atoms with Crippen molar-refractivity contribution in [3.63, 3.8) is 0 Å². The monoisotopic (exact) mass is 209 g/mol. The molecule has 0 spiro atoms. The van der Waals surface area contributed by atoms with Crippen molar-refractivity contribution in [3.05, 3.63) is 28.5 Å². The molecule has 0 radical (unpaired) electrons. The summed E-state index contributed by atoms with van der Waals surface area (Å²) in [6, 6.07) is 2.88. The Balaban J connectivity index is 2.76. The van der Waals surface area contributed by atoms with E-state index in [2.05, 4.69) is 4.98 Å². The van der Waals surface area contributed by atoms with Gasteiger partial charge in [0.15, 0.2) is 5.78 Å². The molecule has 2 nitrogen and oxygen atoms in total. The molecule has 0 aliphatic heterocycles. The van der Waals surface area contributed by atoms with Gasteiger partial charge in [0.25, 0.3) is 0 Å². The quantitative estimate of drug-likeness (QED) is 0.676. The number of aromatic nitrogens is 1. The normalized spacial score (nSPS) is 10.8. The number of nitrogens with zero attached hydrogens (tertiary/aromatic N) is 1. The molecule has 72 valence electrons. The van der Waals surface area contributed by atoms with E-state index in [1.54, 1.807) is 0 Å². The van der Waals surface area contributed by atoms with Crippen molar-refractivity contribution in [1.82, 2.24) is 4.98 Å². The predicted molar refractivity (Wildman–Crippen MR) is 54.3 cm³/mol. The number of fused-ring (bicyclic) bond motifs is 1. The fraction of sp³-hybridized carbons (Fsp3) is 0.200. The lowest BCUT2D eigenvalue weighted by Gasteiger charge is -1.97. The van der Waals surface area contributed by atoms with Gasteiger partial charge in [0.1, 0.15) is 5.82 Å². The Kier molecular flexibility index (Phi) is 2.07. The van der Waals surface area contributed by atoms with Crippen molar-refractivity contribution >= 4 is 27.3 Å². The molecule has 4 heteroatoms. The summed E-state index contributed by atoms with van der Waals surface area (Å²) in [5, 5.41) is 0.875. The van der Waals surface area contributed by atoms with Crippen LogP contribution in [0.1, 0.15) is 22.3 Å². The van der Waals surface area contributed by atoms with Crippen LogP contribution >= 0.6 is 11.3 Å². The van der Waals surface area contributed by atoms with Gasteiger partial charge in [-0.25, -0.2) is 9.37 Å². The van der Waals surface area contributed by atoms with Gasteiger partial charge in [0, 0.05) is 0 Å². The minimum Gasteiger partial charge on any atom is -0.294 e. The van der Waals surface area contributed by atoms with Crippen LogP contribution in [0.5, 0.6) is 0 Å². The van der Waals surface area contributed by atoms with Crippen LogP contribution in [0.3, 0.4) is 0 Å². The maximum Gasteiger partial charge on any atom is 0.162 e. The third-order valence-corrected chi connectivity index (χ3v) is 2.90. The Morgan fingerprint density at radius 1 is 1.50 bits per heavy atom. The van der Waals surface area contributed by atoms with E-state index in [9.17, 15) is 9.18 Å². The van der Waals surface area contributed by atoms with Gasteiger partial charge in [0.05, 0.1) is 20.8 Å². The van der Waals surface area contributed by atoms with E-state index in [0.717, 1.165) is 9.71 Å². The van der Waals surface area contributed by atoms with Gasteiger partial charge < -0.3 is 0 Å². The number of halogens is 1. The number of carbonyl (C=O) groups is 1. The highest BCUT2D eigenvalue weighted by Crippen LogP contribution is 2.24. The minimum atomic E-state index is -0.464. The zero-order valence-corrected chi connectivity index (χ0v) is 8.61. The molecule has 1 aromatic carbocycles. The first-order valence-electron chi connectivity index (χ1n) is 4.15. The molecule has 0 aliphatic rings. The molecule has 0 unspecified atom stereocenters. The second-order valence-corrected chi connectivity index (χ2v) is 4.32. The fourth-order valence-electron chi connectivity index (χ4n) is 1.33. The van der Waals surface area contributed by atoms with E-state index < -0.39 is 5.82 Å². The Morgan fingerprint density at radius 2 is 2.21 bits per heavy atom. The van der Waals surface area contributed by atoms with Crippen LogP contribution in [0.15, 0.2) is 12.1 Å². The van der Waals surface area contributed by atoms with Gasteiger partial charge >= 0.3 is 0 Å². The molecular weight excluding hydrogens is 201 g/mol. The second kappa shape index (κ2) is 3.13. The number of hydrogen-bond acceptors (Lipinski definition) is 3. The van der Waals surface area contributed by atoms with E-state index >= 15 is 0 Å². The van der Waals surface area contributed by atoms with Crippen molar-refractivity contribution < 1.29 is 9.18 Å². The lowest BCUT2D eigenvalue weighted by Crippen LogP contribution is -1.96. The van der Waals surface area contributed by atoms with Gasteiger partial charge in [-0.3, -0.25) is 4.79 Å². The molecule has 0 atom stereocenters. The molecule has 0 bridgehead atoms. The summed E-state index contributed by atoms with van der Waals surface area (Å²) in [6.45, 7) is 3.21. The van der Waals surface area contributed by atoms with Gasteiger partial charge in [-0.05, 0) is 26.0 Å². The lowest BCUT2D eigenvalue weighted by atomic mass is 10.1. The number of carbonyl (C=O) groups excluding carboxylic acids is 1. The molecule has 0 saturated carbocycles. The number of rotatable bonds is 1. The highest BCUT2D eigenvalue weighted by atomic mass is 32.1. The Hall–Kier alpha value is -1.29. The van der Waals surface area contributed by atoms with Crippen molar-refractivity contribution in [2.45, 2.75) is 13.8 Å². The number of benzene rings is 1. The molecule has 14 heavy (non-hydrogen) atoms. The van der Waals surface area contributed by atoms with Crippen molar-refractivity contribution in [2.75, 3.05) is 0 Å². The summed E-state index contributed by atoms with van der Waals surface area (Å²) in [5.41, 5.74) is 0.807. The molecule has 0 amide bonds. The van der Waals surface area contributed by atoms with Gasteiger partial charge in [0.2, 0.25) is 0 Å². The van der Waals surface area contributed by atoms with Crippen LogP contribution in [0.4, 0.5) is 4.39 Å². The van der Waals surface area contributed by atoms with Crippen LogP contribution in [0, 0.1) is 12.7 Å². The maximum atomic E-state index is 13.3. The Morgan fingerprint density at radius 3 is 2.86 bits per heavy atom. The maximum absolute atomic E-state index is 13.3. The molecule has 0 aliphatic carbocycles. The summed E-state index contributed by atoms with van der Waals surface area (Å²) in [6.07, 6.45) is 0. The third kappa shape index (κ3) is 1.42. The topological polar surface area (TPSA) is 30.0 Å². The Labute approximate surface area is 84.4 Å². The largest absolute Gasteiger partial charge is 0.294 e. The van der Waals surface area contributed by atoms with Crippen molar-refractivity contribution in [1.29, 1.82) is 0 Å². The predicted octanol–water partition coefficient (Wildman–Crippen LogP) is 2.95.